The Morgan fingerprint density at radius 1 is 1.07 bits per heavy atom. The van der Waals surface area contributed by atoms with Crippen molar-refractivity contribution in [2.24, 2.45) is 0 Å². The van der Waals surface area contributed by atoms with Crippen LogP contribution in [-0.4, -0.2) is 29.4 Å². The molecule has 0 bridgehead atoms. The van der Waals surface area contributed by atoms with Crippen LogP contribution in [-0.2, 0) is 4.79 Å². The molecular formula is C22H20N2O2S. The van der Waals surface area contributed by atoms with E-state index in [1.54, 1.807) is 23.3 Å². The standard InChI is InChI=1S/C22H20N2O2S/c1-15(22-23-19-9-5-6-10-20(19)27-22)24(2)21(25)14-26-18-12-11-16-7-3-4-8-17(16)13-18/h3-13,15H,14H2,1-2H3. The number of hydrogen-bond donors (Lipinski definition) is 0. The van der Waals surface area contributed by atoms with Crippen molar-refractivity contribution >= 4 is 38.2 Å². The Morgan fingerprint density at radius 2 is 1.81 bits per heavy atom. The van der Waals surface area contributed by atoms with Gasteiger partial charge in [-0.15, -0.1) is 11.3 Å². The Kier molecular flexibility index (Phi) is 4.77. The summed E-state index contributed by atoms with van der Waals surface area (Å²) in [7, 11) is 1.79. The van der Waals surface area contributed by atoms with Gasteiger partial charge in [-0.2, -0.15) is 0 Å². The van der Waals surface area contributed by atoms with Crippen molar-refractivity contribution < 1.29 is 9.53 Å². The Morgan fingerprint density at radius 3 is 2.63 bits per heavy atom. The summed E-state index contributed by atoms with van der Waals surface area (Å²) in [5, 5.41) is 3.18. The topological polar surface area (TPSA) is 42.4 Å². The van der Waals surface area contributed by atoms with E-state index in [1.165, 1.54) is 0 Å². The molecule has 27 heavy (non-hydrogen) atoms. The molecule has 0 aliphatic rings. The SMILES string of the molecule is CC(c1nc2ccccc2s1)N(C)C(=O)COc1ccc2ccccc2c1. The van der Waals surface area contributed by atoms with Crippen LogP contribution in [0.15, 0.2) is 66.7 Å². The van der Waals surface area contributed by atoms with Crippen LogP contribution in [0.2, 0.25) is 0 Å². The average molecular weight is 376 g/mol. The zero-order chi connectivity index (χ0) is 18.8. The van der Waals surface area contributed by atoms with Crippen LogP contribution in [0.5, 0.6) is 5.75 Å². The molecule has 0 spiro atoms. The molecule has 1 atom stereocenters. The van der Waals surface area contributed by atoms with Crippen LogP contribution in [0.3, 0.4) is 0 Å². The van der Waals surface area contributed by atoms with E-state index >= 15 is 0 Å². The number of ether oxygens (including phenoxy) is 1. The predicted molar refractivity (Wildman–Crippen MR) is 110 cm³/mol. The van der Waals surface area contributed by atoms with E-state index in [4.69, 9.17) is 4.74 Å². The highest BCUT2D eigenvalue weighted by molar-refractivity contribution is 7.18. The molecule has 4 rings (SSSR count). The van der Waals surface area contributed by atoms with Gasteiger partial charge in [-0.05, 0) is 42.0 Å². The first-order valence-corrected chi connectivity index (χ1v) is 9.66. The second-order valence-electron chi connectivity index (χ2n) is 6.50. The number of thiazole rings is 1. The maximum Gasteiger partial charge on any atom is 0.260 e. The lowest BCUT2D eigenvalue weighted by Gasteiger charge is -2.23. The molecule has 0 fully saturated rings. The highest BCUT2D eigenvalue weighted by Crippen LogP contribution is 2.29. The highest BCUT2D eigenvalue weighted by Gasteiger charge is 2.21. The van der Waals surface area contributed by atoms with Gasteiger partial charge in [0.05, 0.1) is 16.3 Å². The zero-order valence-corrected chi connectivity index (χ0v) is 16.1. The van der Waals surface area contributed by atoms with Gasteiger partial charge in [0, 0.05) is 7.05 Å². The normalized spacial score (nSPS) is 12.2. The van der Waals surface area contributed by atoms with Crippen molar-refractivity contribution in [3.63, 3.8) is 0 Å². The molecular weight excluding hydrogens is 356 g/mol. The van der Waals surface area contributed by atoms with Gasteiger partial charge >= 0.3 is 0 Å². The van der Waals surface area contributed by atoms with Crippen LogP contribution in [0.25, 0.3) is 21.0 Å². The van der Waals surface area contributed by atoms with Crippen molar-refractivity contribution in [2.75, 3.05) is 13.7 Å². The number of benzene rings is 3. The highest BCUT2D eigenvalue weighted by atomic mass is 32.1. The van der Waals surface area contributed by atoms with Gasteiger partial charge < -0.3 is 9.64 Å². The smallest absolute Gasteiger partial charge is 0.260 e. The number of amides is 1. The predicted octanol–water partition coefficient (Wildman–Crippen LogP) is 5.05. The summed E-state index contributed by atoms with van der Waals surface area (Å²) < 4.78 is 6.87. The number of para-hydroxylation sites is 1. The number of nitrogens with zero attached hydrogens (tertiary/aromatic N) is 2. The van der Waals surface area contributed by atoms with E-state index < -0.39 is 0 Å². The molecule has 1 aromatic heterocycles. The molecule has 1 heterocycles. The molecule has 136 valence electrons. The maximum atomic E-state index is 12.6. The van der Waals surface area contributed by atoms with Gasteiger partial charge in [0.1, 0.15) is 10.8 Å². The van der Waals surface area contributed by atoms with E-state index in [9.17, 15) is 4.79 Å². The molecule has 1 amide bonds. The fourth-order valence-electron chi connectivity index (χ4n) is 2.95. The van der Waals surface area contributed by atoms with Gasteiger partial charge in [-0.25, -0.2) is 4.98 Å². The largest absolute Gasteiger partial charge is 0.484 e. The summed E-state index contributed by atoms with van der Waals surface area (Å²) in [5.41, 5.74) is 0.970. The monoisotopic (exact) mass is 376 g/mol. The number of likely N-dealkylation sites (N-methyl/N-ethyl adjacent to an activating group) is 1. The van der Waals surface area contributed by atoms with Gasteiger partial charge in [0.15, 0.2) is 6.61 Å². The zero-order valence-electron chi connectivity index (χ0n) is 15.3. The molecule has 4 nitrogen and oxygen atoms in total. The third-order valence-electron chi connectivity index (χ3n) is 4.73. The fourth-order valence-corrected chi connectivity index (χ4v) is 4.02. The third-order valence-corrected chi connectivity index (χ3v) is 5.93. The lowest BCUT2D eigenvalue weighted by Crippen LogP contribution is -2.33. The van der Waals surface area contributed by atoms with Crippen molar-refractivity contribution in [3.8, 4) is 5.75 Å². The second kappa shape index (κ2) is 7.37. The van der Waals surface area contributed by atoms with Crippen LogP contribution in [0.4, 0.5) is 0 Å². The minimum atomic E-state index is -0.102. The quantitative estimate of drug-likeness (QED) is 0.490. The van der Waals surface area contributed by atoms with E-state index in [1.807, 2.05) is 67.6 Å². The van der Waals surface area contributed by atoms with Crippen LogP contribution < -0.4 is 4.74 Å². The van der Waals surface area contributed by atoms with Crippen molar-refractivity contribution in [3.05, 3.63) is 71.7 Å². The van der Waals surface area contributed by atoms with Gasteiger partial charge in [0.2, 0.25) is 0 Å². The number of rotatable bonds is 5. The van der Waals surface area contributed by atoms with Crippen LogP contribution in [0, 0.1) is 0 Å². The van der Waals surface area contributed by atoms with Gasteiger partial charge in [0.25, 0.3) is 5.91 Å². The molecule has 0 N–H and O–H groups in total. The molecule has 1 unspecified atom stereocenters. The molecule has 0 aliphatic heterocycles. The summed E-state index contributed by atoms with van der Waals surface area (Å²) >= 11 is 1.62. The lowest BCUT2D eigenvalue weighted by molar-refractivity contribution is -0.134. The number of hydrogen-bond acceptors (Lipinski definition) is 4. The first kappa shape index (κ1) is 17.5. The van der Waals surface area contributed by atoms with E-state index in [2.05, 4.69) is 11.1 Å². The van der Waals surface area contributed by atoms with Crippen molar-refractivity contribution in [2.45, 2.75) is 13.0 Å². The molecule has 4 aromatic rings. The molecule has 0 saturated heterocycles. The Hall–Kier alpha value is -2.92. The van der Waals surface area contributed by atoms with Crippen LogP contribution >= 0.6 is 11.3 Å². The number of aromatic nitrogens is 1. The summed E-state index contributed by atoms with van der Waals surface area (Å²) in [4.78, 5) is 18.9. The van der Waals surface area contributed by atoms with Gasteiger partial charge in [-0.1, -0.05) is 42.5 Å². The Bertz CT molecular complexity index is 1070. The van der Waals surface area contributed by atoms with E-state index in [0.717, 1.165) is 26.0 Å². The summed E-state index contributed by atoms with van der Waals surface area (Å²) in [6.07, 6.45) is 0. The summed E-state index contributed by atoms with van der Waals surface area (Å²) in [6, 6.07) is 21.9. The first-order chi connectivity index (χ1) is 13.1. The number of carbonyl (C=O) groups is 1. The molecule has 5 heteroatoms. The van der Waals surface area contributed by atoms with Crippen LogP contribution in [0.1, 0.15) is 18.0 Å². The molecule has 3 aromatic carbocycles. The van der Waals surface area contributed by atoms with Gasteiger partial charge in [-0.3, -0.25) is 4.79 Å². The van der Waals surface area contributed by atoms with E-state index in [0.29, 0.717) is 5.75 Å². The maximum absolute atomic E-state index is 12.6. The lowest BCUT2D eigenvalue weighted by atomic mass is 10.1. The van der Waals surface area contributed by atoms with Crippen molar-refractivity contribution in [1.82, 2.24) is 9.88 Å². The fraction of sp³-hybridized carbons (Fsp3) is 0.182. The minimum Gasteiger partial charge on any atom is -0.484 e. The first-order valence-electron chi connectivity index (χ1n) is 8.84. The molecule has 0 radical (unpaired) electrons. The number of carbonyl (C=O) groups excluding carboxylic acids is 1. The number of fused-ring (bicyclic) bond motifs is 2. The Labute approximate surface area is 162 Å². The van der Waals surface area contributed by atoms with Crippen molar-refractivity contribution in [1.29, 1.82) is 0 Å². The second-order valence-corrected chi connectivity index (χ2v) is 7.56. The third kappa shape index (κ3) is 3.64. The minimum absolute atomic E-state index is 0.00404. The van der Waals surface area contributed by atoms with E-state index in [-0.39, 0.29) is 18.6 Å². The summed E-state index contributed by atoms with van der Waals surface area (Å²) in [5.74, 6) is 0.623. The Balaban J connectivity index is 1.43. The summed E-state index contributed by atoms with van der Waals surface area (Å²) in [6.45, 7) is 2.00. The molecule has 0 aliphatic carbocycles. The molecule has 0 saturated carbocycles. The average Bonchev–Trinajstić information content (AvgIpc) is 3.15.